The number of isothiocyanates is 2. The smallest absolute Gasteiger partial charge is 0.287 e. The molecule has 0 aliphatic heterocycles. The lowest BCUT2D eigenvalue weighted by molar-refractivity contribution is 0.118. The lowest BCUT2D eigenvalue weighted by Crippen LogP contribution is -2.06. The second-order valence-electron chi connectivity index (χ2n) is 2.89. The van der Waals surface area contributed by atoms with E-state index in [2.05, 4.69) is 44.7 Å². The Morgan fingerprint density at radius 2 is 1.44 bits per heavy atom. The normalized spacial score (nSPS) is 13.2. The second kappa shape index (κ2) is 11.8. The summed E-state index contributed by atoms with van der Waals surface area (Å²) >= 11 is 8.79. The molecule has 0 saturated heterocycles. The van der Waals surface area contributed by atoms with E-state index < -0.39 is 7.82 Å². The molecule has 9 heteroatoms. The number of rotatable bonds is 11. The third-order valence-electron chi connectivity index (χ3n) is 1.49. The molecule has 0 aromatic rings. The highest BCUT2D eigenvalue weighted by Gasteiger charge is 2.25. The molecule has 0 atom stereocenters. The van der Waals surface area contributed by atoms with Crippen LogP contribution in [0.1, 0.15) is 13.3 Å². The average molecular weight is 310 g/mol. The summed E-state index contributed by atoms with van der Waals surface area (Å²) in [7, 11) is -3.56. The van der Waals surface area contributed by atoms with Gasteiger partial charge in [0.2, 0.25) is 0 Å². The van der Waals surface area contributed by atoms with E-state index in [4.69, 9.17) is 13.6 Å². The van der Waals surface area contributed by atoms with Gasteiger partial charge in [0.25, 0.3) is 0 Å². The largest absolute Gasteiger partial charge is 0.474 e. The minimum absolute atomic E-state index is 0.0844. The van der Waals surface area contributed by atoms with E-state index in [9.17, 15) is 4.57 Å². The molecule has 0 aliphatic carbocycles. The van der Waals surface area contributed by atoms with Crippen LogP contribution in [-0.2, 0) is 18.1 Å². The minimum Gasteiger partial charge on any atom is -0.287 e. The summed E-state index contributed by atoms with van der Waals surface area (Å²) in [6.45, 7) is 2.85. The third kappa shape index (κ3) is 9.71. The van der Waals surface area contributed by atoms with Gasteiger partial charge in [0.15, 0.2) is 0 Å². The van der Waals surface area contributed by atoms with Crippen LogP contribution in [0.15, 0.2) is 9.98 Å². The Labute approximate surface area is 117 Å². The van der Waals surface area contributed by atoms with Crippen molar-refractivity contribution in [2.75, 3.05) is 32.9 Å². The highest BCUT2D eigenvalue weighted by atomic mass is 32.1. The number of hydrogen-bond acceptors (Lipinski definition) is 8. The summed E-state index contributed by atoms with van der Waals surface area (Å²) in [5, 5.41) is 4.36. The first-order valence-corrected chi connectivity index (χ1v) is 7.57. The Bertz CT molecular complexity index is 340. The zero-order valence-electron chi connectivity index (χ0n) is 10.0. The fourth-order valence-electron chi connectivity index (χ4n) is 0.803. The van der Waals surface area contributed by atoms with Crippen LogP contribution in [-0.4, -0.2) is 43.2 Å². The van der Waals surface area contributed by atoms with Crippen LogP contribution >= 0.6 is 32.3 Å². The maximum absolute atomic E-state index is 12.1. The molecule has 0 radical (unpaired) electrons. The molecule has 0 unspecified atom stereocenters. The van der Waals surface area contributed by atoms with Gasteiger partial charge >= 0.3 is 7.82 Å². The first-order chi connectivity index (χ1) is 8.68. The molecule has 0 aromatic heterocycles. The lowest BCUT2D eigenvalue weighted by Gasteiger charge is -2.16. The van der Waals surface area contributed by atoms with Crippen molar-refractivity contribution in [3.8, 4) is 0 Å². The summed E-state index contributed by atoms with van der Waals surface area (Å²) in [6.07, 6.45) is 0.701. The zero-order valence-corrected chi connectivity index (χ0v) is 12.6. The molecule has 0 rings (SSSR count). The van der Waals surface area contributed by atoms with Crippen molar-refractivity contribution in [1.29, 1.82) is 0 Å². The summed E-state index contributed by atoms with van der Waals surface area (Å²) in [4.78, 5) is 7.26. The fraction of sp³-hybridized carbons (Fsp3) is 0.778. The monoisotopic (exact) mass is 310 g/mol. The standard InChI is InChI=1S/C9H15N2O4PS2/c1-2-5-13-16(12,14-6-3-10-8-17)15-7-4-11-9-18/h2-7H2,1H3. The summed E-state index contributed by atoms with van der Waals surface area (Å²) < 4.78 is 27.2. The van der Waals surface area contributed by atoms with Crippen molar-refractivity contribution in [2.24, 2.45) is 9.98 Å². The molecular weight excluding hydrogens is 295 g/mol. The Hall–Kier alpha value is -0.290. The van der Waals surface area contributed by atoms with E-state index in [1.807, 2.05) is 6.92 Å². The molecule has 102 valence electrons. The molecule has 0 N–H and O–H groups in total. The maximum atomic E-state index is 12.1. The van der Waals surface area contributed by atoms with E-state index in [1.54, 1.807) is 0 Å². The Kier molecular flexibility index (Phi) is 11.6. The predicted octanol–water partition coefficient (Wildman–Crippen LogP) is 2.76. The van der Waals surface area contributed by atoms with Crippen LogP contribution in [0, 0.1) is 0 Å². The molecule has 0 spiro atoms. The molecule has 0 aliphatic rings. The summed E-state index contributed by atoms with van der Waals surface area (Å²) in [5.41, 5.74) is 0. The first-order valence-electron chi connectivity index (χ1n) is 5.29. The predicted molar refractivity (Wildman–Crippen MR) is 75.5 cm³/mol. The molecule has 18 heavy (non-hydrogen) atoms. The van der Waals surface area contributed by atoms with Gasteiger partial charge in [-0.3, -0.25) is 13.6 Å². The van der Waals surface area contributed by atoms with Crippen LogP contribution in [0.25, 0.3) is 0 Å². The van der Waals surface area contributed by atoms with Gasteiger partial charge in [-0.25, -0.2) is 14.5 Å². The molecule has 6 nitrogen and oxygen atoms in total. The Morgan fingerprint density at radius 1 is 1.00 bits per heavy atom. The van der Waals surface area contributed by atoms with Crippen molar-refractivity contribution in [2.45, 2.75) is 13.3 Å². The molecule has 0 fully saturated rings. The van der Waals surface area contributed by atoms with Crippen LogP contribution in [0.5, 0.6) is 0 Å². The number of nitrogens with zero attached hydrogens (tertiary/aromatic N) is 2. The van der Waals surface area contributed by atoms with Gasteiger partial charge < -0.3 is 0 Å². The molecular formula is C9H15N2O4PS2. The SMILES string of the molecule is CCCOP(=O)(OCCN=C=S)OCCN=C=S. The van der Waals surface area contributed by atoms with E-state index in [1.165, 1.54) is 0 Å². The van der Waals surface area contributed by atoms with Gasteiger partial charge in [-0.2, -0.15) is 0 Å². The van der Waals surface area contributed by atoms with Crippen LogP contribution in [0.3, 0.4) is 0 Å². The van der Waals surface area contributed by atoms with E-state index in [0.29, 0.717) is 6.42 Å². The first kappa shape index (κ1) is 17.7. The Balaban J connectivity index is 4.18. The van der Waals surface area contributed by atoms with E-state index >= 15 is 0 Å². The van der Waals surface area contributed by atoms with Gasteiger partial charge in [-0.1, -0.05) is 6.92 Å². The van der Waals surface area contributed by atoms with Gasteiger partial charge in [0, 0.05) is 0 Å². The summed E-state index contributed by atoms with van der Waals surface area (Å²) in [6, 6.07) is 0. The topological polar surface area (TPSA) is 69.5 Å². The van der Waals surface area contributed by atoms with Crippen LogP contribution < -0.4 is 0 Å². The Morgan fingerprint density at radius 3 is 1.83 bits per heavy atom. The molecule has 0 aromatic carbocycles. The van der Waals surface area contributed by atoms with Gasteiger partial charge in [0.05, 0.1) is 43.2 Å². The lowest BCUT2D eigenvalue weighted by atomic mass is 10.5. The minimum atomic E-state index is -3.56. The highest BCUT2D eigenvalue weighted by molar-refractivity contribution is 7.78. The maximum Gasteiger partial charge on any atom is 0.474 e. The van der Waals surface area contributed by atoms with Gasteiger partial charge in [-0.15, -0.1) is 0 Å². The molecule has 0 heterocycles. The number of phosphoric ester groups is 1. The molecule has 0 amide bonds. The van der Waals surface area contributed by atoms with E-state index in [0.717, 1.165) is 0 Å². The average Bonchev–Trinajstić information content (AvgIpc) is 2.38. The van der Waals surface area contributed by atoms with Crippen molar-refractivity contribution < 1.29 is 18.1 Å². The number of phosphoric acid groups is 1. The van der Waals surface area contributed by atoms with Gasteiger partial charge in [0.1, 0.15) is 0 Å². The zero-order chi connectivity index (χ0) is 13.7. The van der Waals surface area contributed by atoms with Crippen molar-refractivity contribution >= 4 is 42.6 Å². The number of hydrogen-bond donors (Lipinski definition) is 0. The highest BCUT2D eigenvalue weighted by Crippen LogP contribution is 2.49. The number of aliphatic imine (C=N–C) groups is 2. The molecule has 0 bridgehead atoms. The third-order valence-corrected chi connectivity index (χ3v) is 3.24. The van der Waals surface area contributed by atoms with Crippen molar-refractivity contribution in [3.05, 3.63) is 0 Å². The quantitative estimate of drug-likeness (QED) is 0.253. The van der Waals surface area contributed by atoms with Crippen LogP contribution in [0.2, 0.25) is 0 Å². The van der Waals surface area contributed by atoms with E-state index in [-0.39, 0.29) is 32.9 Å². The summed E-state index contributed by atoms with van der Waals surface area (Å²) in [5.74, 6) is 0. The van der Waals surface area contributed by atoms with Crippen LogP contribution in [0.4, 0.5) is 0 Å². The van der Waals surface area contributed by atoms with Crippen molar-refractivity contribution in [3.63, 3.8) is 0 Å². The fourth-order valence-corrected chi connectivity index (χ4v) is 2.23. The number of thiocarbonyl (C=S) groups is 2. The van der Waals surface area contributed by atoms with Crippen molar-refractivity contribution in [1.82, 2.24) is 0 Å². The molecule has 0 saturated carbocycles. The second-order valence-corrected chi connectivity index (χ2v) is 4.93. The van der Waals surface area contributed by atoms with Gasteiger partial charge in [-0.05, 0) is 30.9 Å².